The minimum Gasteiger partial charge on any atom is -0.283 e. The first-order chi connectivity index (χ1) is 12.8. The molecule has 5 rings (SSSR count). The summed E-state index contributed by atoms with van der Waals surface area (Å²) in [5.41, 5.74) is 5.65. The average molecular weight is 337 g/mol. The molecule has 4 heterocycles. The Kier molecular flexibility index (Phi) is 3.25. The van der Waals surface area contributed by atoms with Crippen LogP contribution in [0.5, 0.6) is 0 Å². The van der Waals surface area contributed by atoms with Crippen molar-refractivity contribution in [2.24, 2.45) is 0 Å². The van der Waals surface area contributed by atoms with Crippen LogP contribution >= 0.6 is 0 Å². The van der Waals surface area contributed by atoms with Crippen LogP contribution in [0.15, 0.2) is 73.2 Å². The molecule has 0 aliphatic rings. The van der Waals surface area contributed by atoms with Crippen LogP contribution in [-0.2, 0) is 0 Å². The van der Waals surface area contributed by atoms with Crippen LogP contribution in [0.2, 0.25) is 0 Å². The van der Waals surface area contributed by atoms with E-state index >= 15 is 0 Å². The molecule has 5 heteroatoms. The summed E-state index contributed by atoms with van der Waals surface area (Å²) in [7, 11) is 0. The molecule has 0 spiro atoms. The number of hydrogen-bond donors (Lipinski definition) is 0. The normalized spacial score (nSPS) is 11.3. The van der Waals surface area contributed by atoms with Gasteiger partial charge < -0.3 is 0 Å². The summed E-state index contributed by atoms with van der Waals surface area (Å²) >= 11 is 0. The van der Waals surface area contributed by atoms with Crippen molar-refractivity contribution < 1.29 is 0 Å². The number of aryl methyl sites for hydroxylation is 1. The topological polar surface area (TPSA) is 56.0 Å². The predicted octanol–water partition coefficient (Wildman–Crippen LogP) is 4.31. The Morgan fingerprint density at radius 1 is 0.846 bits per heavy atom. The lowest BCUT2D eigenvalue weighted by Crippen LogP contribution is -1.92. The van der Waals surface area contributed by atoms with Crippen molar-refractivity contribution in [3.63, 3.8) is 0 Å². The minimum absolute atomic E-state index is 0.659. The van der Waals surface area contributed by atoms with Crippen molar-refractivity contribution in [2.45, 2.75) is 6.92 Å². The molecular formula is C21H15N5. The maximum Gasteiger partial charge on any atom is 0.234 e. The van der Waals surface area contributed by atoms with Crippen molar-refractivity contribution in [2.75, 3.05) is 0 Å². The van der Waals surface area contributed by atoms with E-state index in [0.717, 1.165) is 39.2 Å². The van der Waals surface area contributed by atoms with Gasteiger partial charge in [0.05, 0.1) is 16.9 Å². The van der Waals surface area contributed by atoms with E-state index in [1.165, 1.54) is 0 Å². The number of imidazole rings is 1. The van der Waals surface area contributed by atoms with E-state index in [-0.39, 0.29) is 0 Å². The van der Waals surface area contributed by atoms with E-state index in [0.29, 0.717) is 5.78 Å². The molecular weight excluding hydrogens is 322 g/mol. The lowest BCUT2D eigenvalue weighted by molar-refractivity contribution is 1.11. The molecule has 4 aromatic heterocycles. The van der Waals surface area contributed by atoms with E-state index < -0.39 is 0 Å². The van der Waals surface area contributed by atoms with Gasteiger partial charge in [-0.25, -0.2) is 9.97 Å². The number of nitrogens with zero attached hydrogens (tertiary/aromatic N) is 5. The zero-order chi connectivity index (χ0) is 17.5. The molecule has 0 bridgehead atoms. The predicted molar refractivity (Wildman–Crippen MR) is 102 cm³/mol. The summed E-state index contributed by atoms with van der Waals surface area (Å²) in [5, 5.41) is 1.09. The summed E-state index contributed by atoms with van der Waals surface area (Å²) < 4.78 is 2.01. The molecule has 124 valence electrons. The second kappa shape index (κ2) is 5.74. The smallest absolute Gasteiger partial charge is 0.234 e. The van der Waals surface area contributed by atoms with Crippen LogP contribution in [0.3, 0.4) is 0 Å². The van der Waals surface area contributed by atoms with Crippen molar-refractivity contribution in [3.8, 4) is 22.6 Å². The lowest BCUT2D eigenvalue weighted by atomic mass is 10.1. The molecule has 0 N–H and O–H groups in total. The van der Waals surface area contributed by atoms with Gasteiger partial charge in [0.15, 0.2) is 0 Å². The minimum atomic E-state index is 0.659. The summed E-state index contributed by atoms with van der Waals surface area (Å²) in [6, 6.07) is 18.2. The summed E-state index contributed by atoms with van der Waals surface area (Å²) in [6.45, 7) is 1.99. The SMILES string of the molecule is Cc1cccc(-c2nc3ncccn3c2-c2ccc3ncccc3c2)n1. The zero-order valence-electron chi connectivity index (χ0n) is 14.2. The van der Waals surface area contributed by atoms with Crippen molar-refractivity contribution in [3.05, 3.63) is 78.9 Å². The van der Waals surface area contributed by atoms with E-state index in [1.807, 2.05) is 60.1 Å². The molecule has 5 aromatic rings. The van der Waals surface area contributed by atoms with Gasteiger partial charge in [-0.2, -0.15) is 0 Å². The summed E-state index contributed by atoms with van der Waals surface area (Å²) in [5.74, 6) is 0.659. The van der Waals surface area contributed by atoms with Gasteiger partial charge in [-0.3, -0.25) is 14.4 Å². The highest BCUT2D eigenvalue weighted by Gasteiger charge is 2.17. The molecule has 0 fully saturated rings. The highest BCUT2D eigenvalue weighted by atomic mass is 15.1. The van der Waals surface area contributed by atoms with Crippen LogP contribution in [0.4, 0.5) is 0 Å². The van der Waals surface area contributed by atoms with Crippen LogP contribution in [0.25, 0.3) is 39.3 Å². The van der Waals surface area contributed by atoms with Crippen LogP contribution < -0.4 is 0 Å². The van der Waals surface area contributed by atoms with E-state index in [2.05, 4.69) is 33.2 Å². The second-order valence-corrected chi connectivity index (χ2v) is 6.17. The molecule has 0 unspecified atom stereocenters. The van der Waals surface area contributed by atoms with Gasteiger partial charge in [0.2, 0.25) is 5.78 Å². The van der Waals surface area contributed by atoms with E-state index in [1.54, 1.807) is 6.20 Å². The first kappa shape index (κ1) is 14.7. The molecule has 26 heavy (non-hydrogen) atoms. The number of hydrogen-bond acceptors (Lipinski definition) is 4. The van der Waals surface area contributed by atoms with Gasteiger partial charge in [-0.1, -0.05) is 18.2 Å². The number of aromatic nitrogens is 5. The molecule has 5 nitrogen and oxygen atoms in total. The summed E-state index contributed by atoms with van der Waals surface area (Å²) in [4.78, 5) is 18.2. The molecule has 0 aliphatic carbocycles. The third-order valence-electron chi connectivity index (χ3n) is 4.41. The van der Waals surface area contributed by atoms with Gasteiger partial charge in [0.1, 0.15) is 5.69 Å². The number of benzene rings is 1. The maximum atomic E-state index is 4.75. The monoisotopic (exact) mass is 337 g/mol. The molecule has 0 saturated carbocycles. The Labute approximate surface area is 150 Å². The van der Waals surface area contributed by atoms with E-state index in [9.17, 15) is 0 Å². The van der Waals surface area contributed by atoms with Gasteiger partial charge in [-0.15, -0.1) is 0 Å². The fourth-order valence-electron chi connectivity index (χ4n) is 3.24. The van der Waals surface area contributed by atoms with Crippen molar-refractivity contribution >= 4 is 16.7 Å². The Hall–Kier alpha value is -3.60. The first-order valence-electron chi connectivity index (χ1n) is 8.42. The van der Waals surface area contributed by atoms with Crippen LogP contribution in [0, 0.1) is 6.92 Å². The molecule has 0 aliphatic heterocycles. The van der Waals surface area contributed by atoms with Crippen molar-refractivity contribution in [1.29, 1.82) is 0 Å². The standard InChI is InChI=1S/C21H15N5/c1-14-5-2-7-18(24-14)19-20(26-12-4-11-23-21(26)25-19)16-8-9-17-15(13-16)6-3-10-22-17/h2-13H,1H3. The molecule has 1 aromatic carbocycles. The third-order valence-corrected chi connectivity index (χ3v) is 4.41. The van der Waals surface area contributed by atoms with Crippen LogP contribution in [-0.4, -0.2) is 24.3 Å². The van der Waals surface area contributed by atoms with Gasteiger partial charge in [0, 0.05) is 35.2 Å². The first-order valence-corrected chi connectivity index (χ1v) is 8.42. The third kappa shape index (κ3) is 2.33. The fraction of sp³-hybridized carbons (Fsp3) is 0.0476. The van der Waals surface area contributed by atoms with Gasteiger partial charge in [-0.05, 0) is 43.3 Å². The van der Waals surface area contributed by atoms with E-state index in [4.69, 9.17) is 4.98 Å². The average Bonchev–Trinajstić information content (AvgIpc) is 3.07. The van der Waals surface area contributed by atoms with Crippen LogP contribution in [0.1, 0.15) is 5.69 Å². The molecule has 0 amide bonds. The Morgan fingerprint density at radius 2 is 1.77 bits per heavy atom. The number of rotatable bonds is 2. The Balaban J connectivity index is 1.83. The molecule has 0 atom stereocenters. The Morgan fingerprint density at radius 3 is 2.69 bits per heavy atom. The van der Waals surface area contributed by atoms with Crippen molar-refractivity contribution in [1.82, 2.24) is 24.3 Å². The quantitative estimate of drug-likeness (QED) is 0.481. The zero-order valence-corrected chi connectivity index (χ0v) is 14.2. The largest absolute Gasteiger partial charge is 0.283 e. The molecule has 0 saturated heterocycles. The molecule has 0 radical (unpaired) electrons. The highest BCUT2D eigenvalue weighted by molar-refractivity contribution is 5.88. The second-order valence-electron chi connectivity index (χ2n) is 6.17. The van der Waals surface area contributed by atoms with Gasteiger partial charge in [0.25, 0.3) is 0 Å². The van der Waals surface area contributed by atoms with Gasteiger partial charge >= 0.3 is 0 Å². The Bertz CT molecular complexity index is 1260. The highest BCUT2D eigenvalue weighted by Crippen LogP contribution is 2.32. The number of fused-ring (bicyclic) bond motifs is 2. The number of pyridine rings is 2. The lowest BCUT2D eigenvalue weighted by Gasteiger charge is -2.07. The fourth-order valence-corrected chi connectivity index (χ4v) is 3.24. The summed E-state index contributed by atoms with van der Waals surface area (Å²) in [6.07, 6.45) is 5.55. The maximum absolute atomic E-state index is 4.75.